The van der Waals surface area contributed by atoms with Crippen molar-refractivity contribution in [1.82, 2.24) is 0 Å². The van der Waals surface area contributed by atoms with Gasteiger partial charge in [0, 0.05) is 38.2 Å². The van der Waals surface area contributed by atoms with Gasteiger partial charge in [-0.25, -0.2) is 0 Å². The molecule has 0 saturated heterocycles. The summed E-state index contributed by atoms with van der Waals surface area (Å²) in [4.78, 5) is 0. The van der Waals surface area contributed by atoms with Crippen molar-refractivity contribution in [2.45, 2.75) is 0 Å². The number of hydrogen-bond donors (Lipinski definition) is 0. The molecule has 24 valence electrons. The van der Waals surface area contributed by atoms with E-state index in [0.717, 1.165) is 0 Å². The molecule has 0 fully saturated rings. The molecule has 2 N–H and O–H groups in total. The van der Waals surface area contributed by atoms with E-state index in [1.807, 2.05) is 0 Å². The summed E-state index contributed by atoms with van der Waals surface area (Å²) >= 11 is 0. The fourth-order valence-corrected chi connectivity index (χ4v) is 0. The van der Waals surface area contributed by atoms with Crippen LogP contribution in [0.1, 0.15) is 1.43 Å². The second-order valence-electron chi connectivity index (χ2n) is 0. The Balaban J connectivity index is 0. The summed E-state index contributed by atoms with van der Waals surface area (Å²) < 4.78 is 0. The molecule has 0 saturated carbocycles. The van der Waals surface area contributed by atoms with Crippen LogP contribution in [0.4, 0.5) is 0 Å². The van der Waals surface area contributed by atoms with Gasteiger partial charge in [-0.05, 0) is 0 Å². The Labute approximate surface area is 63.7 Å². The molecule has 0 heterocycles. The molecular weight excluding hydrogens is 130 g/mol. The maximum Gasteiger partial charge on any atom is 1.00 e. The molecule has 4 heteroatoms. The smallest absolute Gasteiger partial charge is 1.00 e. The fraction of sp³-hybridized carbons (Fsp3) is 0. The maximum atomic E-state index is 0. The second kappa shape index (κ2) is 21.7. The molecule has 0 aliphatic rings. The number of hydrogen-bond acceptors (Lipinski definition) is 0. The van der Waals surface area contributed by atoms with Crippen LogP contribution in [0.2, 0.25) is 0 Å². The molecule has 0 aromatic heterocycles. The van der Waals surface area contributed by atoms with E-state index in [9.17, 15) is 0 Å². The van der Waals surface area contributed by atoms with Crippen LogP contribution >= 0.6 is 0 Å². The summed E-state index contributed by atoms with van der Waals surface area (Å²) in [6.45, 7) is 0. The van der Waals surface area contributed by atoms with Crippen molar-refractivity contribution >= 4 is 0 Å². The van der Waals surface area contributed by atoms with Gasteiger partial charge in [-0.3, -0.25) is 0 Å². The summed E-state index contributed by atoms with van der Waals surface area (Å²) in [5.41, 5.74) is 0. The van der Waals surface area contributed by atoms with Gasteiger partial charge in [0.1, 0.15) is 0 Å². The number of rotatable bonds is 0. The van der Waals surface area contributed by atoms with Crippen molar-refractivity contribution in [2.24, 2.45) is 0 Å². The summed E-state index contributed by atoms with van der Waals surface area (Å²) in [5.74, 6) is 0. The quantitative estimate of drug-likeness (QED) is 0.304. The maximum absolute atomic E-state index is 0. The zero-order valence-corrected chi connectivity index (χ0v) is 4.87. The molecule has 0 amide bonds. The molecule has 0 atom stereocenters. The van der Waals surface area contributed by atoms with Crippen LogP contribution in [-0.2, 0) is 38.2 Å². The van der Waals surface area contributed by atoms with E-state index < -0.39 is 0 Å². The monoisotopic (exact) mass is 132 g/mol. The third kappa shape index (κ3) is 9.24. The van der Waals surface area contributed by atoms with Crippen molar-refractivity contribution in [1.29, 1.82) is 0 Å². The van der Waals surface area contributed by atoms with Crippen LogP contribution < -0.4 is 18.9 Å². The van der Waals surface area contributed by atoms with Gasteiger partial charge in [0.05, 0.1) is 0 Å². The van der Waals surface area contributed by atoms with Crippen molar-refractivity contribution in [3.8, 4) is 0 Å². The molecule has 4 heavy (non-hydrogen) atoms. The van der Waals surface area contributed by atoms with Crippen molar-refractivity contribution < 1.29 is 64.0 Å². The first-order valence-corrected chi connectivity index (χ1v) is 0. The second-order valence-corrected chi connectivity index (χ2v) is 0. The van der Waals surface area contributed by atoms with E-state index >= 15 is 0 Å². The van der Waals surface area contributed by atoms with Gasteiger partial charge in [-0.15, -0.1) is 0 Å². The van der Waals surface area contributed by atoms with E-state index in [2.05, 4.69) is 0 Å². The summed E-state index contributed by atoms with van der Waals surface area (Å²) in [7, 11) is 0. The Morgan fingerprint density at radius 3 is 1.25 bits per heavy atom. The Kier molecular flexibility index (Phi) is 228. The van der Waals surface area contributed by atoms with E-state index in [4.69, 9.17) is 0 Å². The molecule has 0 radical (unpaired) electrons. The summed E-state index contributed by atoms with van der Waals surface area (Å²) in [5, 5.41) is 0. The fourth-order valence-electron chi connectivity index (χ4n) is 0. The zero-order chi connectivity index (χ0) is 0. The third-order valence-electron chi connectivity index (χ3n) is 0. The van der Waals surface area contributed by atoms with Crippen LogP contribution in [0.5, 0.6) is 0 Å². The third-order valence-corrected chi connectivity index (χ3v) is 0. The topological polar surface area (TPSA) is 31.5 Å². The van der Waals surface area contributed by atoms with Crippen molar-refractivity contribution in [3.63, 3.8) is 0 Å². The molecule has 0 rings (SSSR count). The van der Waals surface area contributed by atoms with E-state index in [0.29, 0.717) is 0 Å². The first-order valence-electron chi connectivity index (χ1n) is 0. The Bertz CT molecular complexity index is 11.6. The Hall–Kier alpha value is 1.77. The SMILES string of the molecule is O.[H-].[Li+].[Ni].[Ti]. The predicted octanol–water partition coefficient (Wildman–Crippen LogP) is -3.71. The first kappa shape index (κ1) is 42.0. The minimum Gasteiger partial charge on any atom is -1.00 e. The molecule has 0 aliphatic carbocycles. The predicted molar refractivity (Wildman–Crippen MR) is 4.73 cm³/mol. The van der Waals surface area contributed by atoms with Crippen LogP contribution in [0.25, 0.3) is 0 Å². The first-order chi connectivity index (χ1) is 0. The molecule has 0 bridgehead atoms. The summed E-state index contributed by atoms with van der Waals surface area (Å²) in [6.07, 6.45) is 0. The van der Waals surface area contributed by atoms with E-state index in [1.165, 1.54) is 0 Å². The van der Waals surface area contributed by atoms with Gasteiger partial charge in [0.2, 0.25) is 0 Å². The van der Waals surface area contributed by atoms with Gasteiger partial charge in [-0.2, -0.15) is 0 Å². The molecule has 1 nitrogen and oxygen atoms in total. The summed E-state index contributed by atoms with van der Waals surface area (Å²) in [6, 6.07) is 0. The molecular formula is H3LiNiOTi. The molecule has 0 unspecified atom stereocenters. The normalized spacial score (nSPS) is 0. The van der Waals surface area contributed by atoms with Gasteiger partial charge < -0.3 is 6.90 Å². The molecule has 0 aromatic rings. The van der Waals surface area contributed by atoms with Crippen molar-refractivity contribution in [2.75, 3.05) is 0 Å². The van der Waals surface area contributed by atoms with Gasteiger partial charge in [0.15, 0.2) is 0 Å². The van der Waals surface area contributed by atoms with Gasteiger partial charge in [0.25, 0.3) is 0 Å². The molecule has 0 aromatic carbocycles. The Morgan fingerprint density at radius 2 is 1.25 bits per heavy atom. The Morgan fingerprint density at radius 1 is 1.25 bits per heavy atom. The van der Waals surface area contributed by atoms with Crippen molar-refractivity contribution in [3.05, 3.63) is 0 Å². The van der Waals surface area contributed by atoms with Crippen LogP contribution in [-0.4, -0.2) is 5.48 Å². The zero-order valence-electron chi connectivity index (χ0n) is 3.32. The van der Waals surface area contributed by atoms with Crippen LogP contribution in [0.3, 0.4) is 0 Å². The average Bonchev–Trinajstić information content (AvgIpc) is 0. The molecule has 0 spiro atoms. The van der Waals surface area contributed by atoms with Crippen LogP contribution in [0, 0.1) is 0 Å². The standard InChI is InChI=1S/Li.Ni.H2O.Ti.H/h;;1H2;;/q+1;;;;-1. The average molecular weight is 133 g/mol. The van der Waals surface area contributed by atoms with E-state index in [1.54, 1.807) is 0 Å². The van der Waals surface area contributed by atoms with Crippen LogP contribution in [0.15, 0.2) is 0 Å². The van der Waals surface area contributed by atoms with Gasteiger partial charge >= 0.3 is 18.9 Å². The minimum absolute atomic E-state index is 0. The van der Waals surface area contributed by atoms with Gasteiger partial charge in [-0.1, -0.05) is 0 Å². The largest absolute Gasteiger partial charge is 1.00 e. The van der Waals surface area contributed by atoms with E-state index in [-0.39, 0.29) is 64.0 Å². The minimum atomic E-state index is 0. The molecule has 0 aliphatic heterocycles.